The van der Waals surface area contributed by atoms with Crippen LogP contribution in [0, 0.1) is 19.8 Å². The molecule has 0 atom stereocenters. The van der Waals surface area contributed by atoms with Crippen molar-refractivity contribution in [1.29, 1.82) is 0 Å². The van der Waals surface area contributed by atoms with Crippen molar-refractivity contribution in [2.24, 2.45) is 5.92 Å². The number of likely N-dealkylation sites (tertiary alicyclic amines) is 1. The van der Waals surface area contributed by atoms with Crippen LogP contribution in [-0.2, 0) is 10.0 Å². The first kappa shape index (κ1) is 18.9. The Labute approximate surface area is 157 Å². The van der Waals surface area contributed by atoms with Crippen molar-refractivity contribution in [3.8, 4) is 0 Å². The number of benzene rings is 1. The third-order valence-corrected chi connectivity index (χ3v) is 6.85. The van der Waals surface area contributed by atoms with E-state index in [0.29, 0.717) is 35.1 Å². The fraction of sp³-hybridized carbons (Fsp3) is 0.471. The second-order valence-electron chi connectivity index (χ2n) is 6.59. The van der Waals surface area contributed by atoms with Gasteiger partial charge in [-0.1, -0.05) is 16.6 Å². The number of sulfonamides is 1. The first-order valence-electron chi connectivity index (χ1n) is 8.51. The maximum Gasteiger partial charge on any atom is 0.267 e. The van der Waals surface area contributed by atoms with Crippen LogP contribution >= 0.6 is 11.5 Å². The number of piperidine rings is 1. The lowest BCUT2D eigenvalue weighted by Crippen LogP contribution is -2.41. The number of hydrogen-bond donors (Lipinski definition) is 1. The van der Waals surface area contributed by atoms with Gasteiger partial charge in [-0.25, -0.2) is 13.1 Å². The first-order chi connectivity index (χ1) is 12.4. The van der Waals surface area contributed by atoms with Gasteiger partial charge < -0.3 is 4.90 Å². The van der Waals surface area contributed by atoms with E-state index in [4.69, 9.17) is 0 Å². The van der Waals surface area contributed by atoms with E-state index in [-0.39, 0.29) is 11.8 Å². The van der Waals surface area contributed by atoms with E-state index in [2.05, 4.69) is 14.3 Å². The van der Waals surface area contributed by atoms with Gasteiger partial charge in [0, 0.05) is 19.6 Å². The maximum atomic E-state index is 12.5. The molecule has 1 fully saturated rings. The molecule has 0 unspecified atom stereocenters. The van der Waals surface area contributed by atoms with Crippen LogP contribution in [0.25, 0.3) is 0 Å². The van der Waals surface area contributed by atoms with Crippen molar-refractivity contribution in [2.45, 2.75) is 31.6 Å². The van der Waals surface area contributed by atoms with Gasteiger partial charge in [-0.05, 0) is 61.8 Å². The number of aryl methyl sites for hydroxylation is 2. The predicted octanol–water partition coefficient (Wildman–Crippen LogP) is 1.99. The molecule has 2 heterocycles. The van der Waals surface area contributed by atoms with Gasteiger partial charge in [0.1, 0.15) is 4.88 Å². The number of amides is 1. The molecule has 0 spiro atoms. The molecule has 26 heavy (non-hydrogen) atoms. The lowest BCUT2D eigenvalue weighted by atomic mass is 9.97. The molecule has 0 radical (unpaired) electrons. The van der Waals surface area contributed by atoms with E-state index in [0.717, 1.165) is 29.9 Å². The van der Waals surface area contributed by atoms with Gasteiger partial charge in [0.2, 0.25) is 10.0 Å². The van der Waals surface area contributed by atoms with Crippen molar-refractivity contribution >= 4 is 27.5 Å². The standard InChI is InChI=1S/C17H22N4O3S2/c1-12-4-3-5-15(10-12)26(23,24)18-11-14-6-8-21(9-7-14)17(22)16-13(2)19-20-25-16/h3-5,10,14,18H,6-9,11H2,1-2H3. The lowest BCUT2D eigenvalue weighted by Gasteiger charge is -2.31. The van der Waals surface area contributed by atoms with Crippen molar-refractivity contribution in [3.05, 3.63) is 40.4 Å². The van der Waals surface area contributed by atoms with E-state index in [1.807, 2.05) is 13.0 Å². The topological polar surface area (TPSA) is 92.3 Å². The molecular weight excluding hydrogens is 372 g/mol. The van der Waals surface area contributed by atoms with Crippen molar-refractivity contribution in [1.82, 2.24) is 19.2 Å². The molecule has 0 saturated carbocycles. The molecule has 0 bridgehead atoms. The Hall–Kier alpha value is -1.84. The van der Waals surface area contributed by atoms with Crippen LogP contribution in [0.15, 0.2) is 29.2 Å². The molecule has 9 heteroatoms. The van der Waals surface area contributed by atoms with Crippen LogP contribution in [0.1, 0.15) is 33.8 Å². The highest BCUT2D eigenvalue weighted by Crippen LogP contribution is 2.21. The Morgan fingerprint density at radius 3 is 2.65 bits per heavy atom. The number of nitrogens with one attached hydrogen (secondary N) is 1. The molecule has 140 valence electrons. The van der Waals surface area contributed by atoms with Gasteiger partial charge in [-0.15, -0.1) is 5.10 Å². The minimum Gasteiger partial charge on any atom is -0.338 e. The number of hydrogen-bond acceptors (Lipinski definition) is 6. The summed E-state index contributed by atoms with van der Waals surface area (Å²) in [5.41, 5.74) is 1.57. The molecule has 7 nitrogen and oxygen atoms in total. The Morgan fingerprint density at radius 1 is 1.31 bits per heavy atom. The first-order valence-corrected chi connectivity index (χ1v) is 10.8. The van der Waals surface area contributed by atoms with Gasteiger partial charge in [0.15, 0.2) is 0 Å². The van der Waals surface area contributed by atoms with Gasteiger partial charge in [-0.3, -0.25) is 4.79 Å². The second-order valence-corrected chi connectivity index (χ2v) is 9.11. The van der Waals surface area contributed by atoms with E-state index in [9.17, 15) is 13.2 Å². The summed E-state index contributed by atoms with van der Waals surface area (Å²) in [6.07, 6.45) is 1.54. The summed E-state index contributed by atoms with van der Waals surface area (Å²) in [7, 11) is -3.50. The highest BCUT2D eigenvalue weighted by atomic mass is 32.2. The molecule has 1 N–H and O–H groups in total. The molecule has 1 aliphatic rings. The summed E-state index contributed by atoms with van der Waals surface area (Å²) in [6.45, 7) is 5.27. The Morgan fingerprint density at radius 2 is 2.04 bits per heavy atom. The molecule has 1 amide bonds. The van der Waals surface area contributed by atoms with Gasteiger partial charge >= 0.3 is 0 Å². The predicted molar refractivity (Wildman–Crippen MR) is 99.6 cm³/mol. The smallest absolute Gasteiger partial charge is 0.267 e. The SMILES string of the molecule is Cc1cccc(S(=O)(=O)NCC2CCN(C(=O)c3snnc3C)CC2)c1. The Balaban J connectivity index is 1.53. The van der Waals surface area contributed by atoms with Crippen molar-refractivity contribution < 1.29 is 13.2 Å². The van der Waals surface area contributed by atoms with Gasteiger partial charge in [0.05, 0.1) is 10.6 Å². The molecule has 1 aromatic heterocycles. The third-order valence-electron chi connectivity index (χ3n) is 4.61. The number of rotatable bonds is 5. The zero-order chi connectivity index (χ0) is 18.7. The quantitative estimate of drug-likeness (QED) is 0.837. The molecule has 1 aromatic carbocycles. The van der Waals surface area contributed by atoms with E-state index < -0.39 is 10.0 Å². The largest absolute Gasteiger partial charge is 0.338 e. The molecular formula is C17H22N4O3S2. The van der Waals surface area contributed by atoms with Crippen LogP contribution in [0.3, 0.4) is 0 Å². The van der Waals surface area contributed by atoms with Gasteiger partial charge in [-0.2, -0.15) is 0 Å². The summed E-state index contributed by atoms with van der Waals surface area (Å²) in [6, 6.07) is 6.87. The normalized spacial score (nSPS) is 16.0. The Bertz CT molecular complexity index is 887. The van der Waals surface area contributed by atoms with E-state index in [1.165, 1.54) is 0 Å². The number of carbonyl (C=O) groups is 1. The number of aromatic nitrogens is 2. The minimum atomic E-state index is -3.50. The third kappa shape index (κ3) is 4.28. The minimum absolute atomic E-state index is 0.0312. The molecule has 3 rings (SSSR count). The van der Waals surface area contributed by atoms with E-state index >= 15 is 0 Å². The van der Waals surface area contributed by atoms with Crippen LogP contribution in [0.2, 0.25) is 0 Å². The zero-order valence-corrected chi connectivity index (χ0v) is 16.4. The summed E-state index contributed by atoms with van der Waals surface area (Å²) < 4.78 is 31.3. The second kappa shape index (κ2) is 7.81. The summed E-state index contributed by atoms with van der Waals surface area (Å²) in [5, 5.41) is 3.88. The van der Waals surface area contributed by atoms with Crippen LogP contribution in [0.5, 0.6) is 0 Å². The van der Waals surface area contributed by atoms with Gasteiger partial charge in [0.25, 0.3) is 5.91 Å². The summed E-state index contributed by atoms with van der Waals surface area (Å²) >= 11 is 1.12. The van der Waals surface area contributed by atoms with Crippen molar-refractivity contribution in [3.63, 3.8) is 0 Å². The average Bonchev–Trinajstić information content (AvgIpc) is 3.06. The van der Waals surface area contributed by atoms with Crippen LogP contribution < -0.4 is 4.72 Å². The molecule has 2 aromatic rings. The van der Waals surface area contributed by atoms with E-state index in [1.54, 1.807) is 30.0 Å². The monoisotopic (exact) mass is 394 g/mol. The van der Waals surface area contributed by atoms with Crippen LogP contribution in [-0.4, -0.2) is 48.4 Å². The molecule has 1 saturated heterocycles. The number of carbonyl (C=O) groups excluding carboxylic acids is 1. The highest BCUT2D eigenvalue weighted by molar-refractivity contribution is 7.89. The fourth-order valence-electron chi connectivity index (χ4n) is 3.00. The van der Waals surface area contributed by atoms with Crippen molar-refractivity contribution in [2.75, 3.05) is 19.6 Å². The molecule has 1 aliphatic heterocycles. The Kier molecular flexibility index (Phi) is 5.69. The molecule has 0 aliphatic carbocycles. The fourth-order valence-corrected chi connectivity index (χ4v) is 4.85. The summed E-state index contributed by atoms with van der Waals surface area (Å²) in [4.78, 5) is 15.1. The average molecular weight is 395 g/mol. The maximum absolute atomic E-state index is 12.5. The number of nitrogens with zero attached hydrogens (tertiary/aromatic N) is 3. The summed E-state index contributed by atoms with van der Waals surface area (Å²) in [5.74, 6) is 0.190. The highest BCUT2D eigenvalue weighted by Gasteiger charge is 2.27. The zero-order valence-electron chi connectivity index (χ0n) is 14.8. The van der Waals surface area contributed by atoms with Crippen LogP contribution in [0.4, 0.5) is 0 Å². The lowest BCUT2D eigenvalue weighted by molar-refractivity contribution is 0.0696.